The Labute approximate surface area is 300 Å². The summed E-state index contributed by atoms with van der Waals surface area (Å²) in [6, 6.07) is 9.38. The molecular formula is C24H29N10O17P3. The standard InChI is InChI=1S/C12H16N5O13P3.C12H13N5O4/c13-4-12(8-2-1-6-11(14)15-5-16-17(6)8)10(19)9(18)7(28-12)3-27-32(23,24)30-33(25,26)29-31(20,21)22;13-4-12(10(20)9(19)7(3-18)21-12)8-2-1-6-11(14)15-5-16-17(6)8/h1-2,5,7,9-10,18-19H,3H2,(H,23,24)(H,25,26)(H2,14,15,16)(H2,20,21,22);1-2,5,7,9-10,18-20H,3H2,(H2,14,15,16)/t2*7-,9-,10-,12+/m11/s1. The fourth-order valence-electron chi connectivity index (χ4n) is 5.58. The molecule has 2 aliphatic heterocycles. The minimum atomic E-state index is -5.76. The summed E-state index contributed by atoms with van der Waals surface area (Å²) in [5, 5.41) is 77.3. The molecule has 54 heavy (non-hydrogen) atoms. The highest BCUT2D eigenvalue weighted by molar-refractivity contribution is 7.66. The van der Waals surface area contributed by atoms with Crippen LogP contribution in [0, 0.1) is 22.7 Å². The molecule has 6 rings (SSSR count). The lowest BCUT2D eigenvalue weighted by Gasteiger charge is -2.24. The van der Waals surface area contributed by atoms with Crippen LogP contribution in [-0.4, -0.2) is 124 Å². The van der Waals surface area contributed by atoms with Crippen molar-refractivity contribution in [3.8, 4) is 12.1 Å². The quantitative estimate of drug-likeness (QED) is 0.0696. The summed E-state index contributed by atoms with van der Waals surface area (Å²) in [7, 11) is -16.9. The van der Waals surface area contributed by atoms with Crippen LogP contribution in [0.3, 0.4) is 0 Å². The van der Waals surface area contributed by atoms with Crippen molar-refractivity contribution in [1.82, 2.24) is 29.2 Å². The second kappa shape index (κ2) is 14.9. The predicted molar refractivity (Wildman–Crippen MR) is 170 cm³/mol. The number of aliphatic hydroxyl groups excluding tert-OH is 5. The summed E-state index contributed by atoms with van der Waals surface area (Å²) in [6.45, 7) is -1.62. The molecule has 292 valence electrons. The van der Waals surface area contributed by atoms with Gasteiger partial charge in [0, 0.05) is 0 Å². The van der Waals surface area contributed by atoms with Gasteiger partial charge in [0.15, 0.2) is 11.6 Å². The normalized spacial score (nSPS) is 30.6. The van der Waals surface area contributed by atoms with Gasteiger partial charge in [0.1, 0.15) is 72.5 Å². The number of hydrogen-bond acceptors (Lipinski definition) is 21. The summed E-state index contributed by atoms with van der Waals surface area (Å²) in [5.41, 5.74) is 8.14. The molecule has 0 bridgehead atoms. The summed E-state index contributed by atoms with van der Waals surface area (Å²) < 4.78 is 58.8. The third-order valence-electron chi connectivity index (χ3n) is 7.97. The molecule has 10 atom stereocenters. The first-order valence-electron chi connectivity index (χ1n) is 14.6. The van der Waals surface area contributed by atoms with Gasteiger partial charge in [-0.1, -0.05) is 0 Å². The number of nitriles is 2. The van der Waals surface area contributed by atoms with Crippen molar-refractivity contribution in [3.05, 3.63) is 48.3 Å². The van der Waals surface area contributed by atoms with Crippen LogP contribution in [0.5, 0.6) is 0 Å². The Morgan fingerprint density at radius 2 is 1.20 bits per heavy atom. The zero-order chi connectivity index (χ0) is 40.0. The second-order valence-electron chi connectivity index (χ2n) is 11.3. The Morgan fingerprint density at radius 3 is 1.61 bits per heavy atom. The third-order valence-corrected chi connectivity index (χ3v) is 11.8. The summed E-state index contributed by atoms with van der Waals surface area (Å²) in [6.07, 6.45) is -7.22. The maximum Gasteiger partial charge on any atom is 0.490 e. The van der Waals surface area contributed by atoms with Crippen LogP contribution < -0.4 is 11.5 Å². The molecule has 2 saturated heterocycles. The largest absolute Gasteiger partial charge is 0.490 e. The maximum atomic E-state index is 11.9. The molecule has 27 nitrogen and oxygen atoms in total. The van der Waals surface area contributed by atoms with Gasteiger partial charge >= 0.3 is 23.5 Å². The number of phosphoric acid groups is 3. The van der Waals surface area contributed by atoms with Crippen LogP contribution >= 0.6 is 23.5 Å². The molecule has 0 aromatic carbocycles. The van der Waals surface area contributed by atoms with Gasteiger partial charge in [0.25, 0.3) is 0 Å². The lowest BCUT2D eigenvalue weighted by Crippen LogP contribution is -2.41. The molecule has 30 heteroatoms. The van der Waals surface area contributed by atoms with Gasteiger partial charge in [-0.2, -0.15) is 29.3 Å². The number of fused-ring (bicyclic) bond motifs is 2. The number of phosphoric ester groups is 1. The van der Waals surface area contributed by atoms with Gasteiger partial charge in [-0.3, -0.25) is 4.52 Å². The molecule has 4 aromatic heterocycles. The molecule has 2 unspecified atom stereocenters. The van der Waals surface area contributed by atoms with Crippen molar-refractivity contribution in [3.63, 3.8) is 0 Å². The molecule has 0 aliphatic carbocycles. The van der Waals surface area contributed by atoms with Crippen LogP contribution in [-0.2, 0) is 47.5 Å². The Balaban J connectivity index is 0.000000228. The molecule has 0 radical (unpaired) electrons. The highest BCUT2D eigenvalue weighted by Gasteiger charge is 2.59. The van der Waals surface area contributed by atoms with Crippen molar-refractivity contribution in [2.75, 3.05) is 24.7 Å². The van der Waals surface area contributed by atoms with E-state index in [1.165, 1.54) is 29.0 Å². The third kappa shape index (κ3) is 7.60. The Kier molecular flexibility index (Phi) is 11.3. The van der Waals surface area contributed by atoms with E-state index in [4.69, 9.17) is 35.6 Å². The van der Waals surface area contributed by atoms with E-state index in [9.17, 15) is 54.6 Å². The molecule has 2 fully saturated rings. The first-order valence-corrected chi connectivity index (χ1v) is 19.1. The van der Waals surface area contributed by atoms with Crippen LogP contribution in [0.25, 0.3) is 11.0 Å². The number of nitrogens with two attached hydrogens (primary N) is 2. The minimum absolute atomic E-state index is 0.0292. The van der Waals surface area contributed by atoms with Gasteiger partial charge in [0.2, 0.25) is 11.2 Å². The highest BCUT2D eigenvalue weighted by Crippen LogP contribution is 2.66. The number of nitrogens with zero attached hydrogens (tertiary/aromatic N) is 8. The van der Waals surface area contributed by atoms with E-state index in [0.717, 1.165) is 10.8 Å². The monoisotopic (exact) mass is 822 g/mol. The van der Waals surface area contributed by atoms with Crippen LogP contribution in [0.15, 0.2) is 36.9 Å². The van der Waals surface area contributed by atoms with E-state index in [1.807, 2.05) is 6.07 Å². The molecule has 0 amide bonds. The van der Waals surface area contributed by atoms with Gasteiger partial charge in [-0.15, -0.1) is 0 Å². The topological polar surface area (TPSA) is 439 Å². The SMILES string of the molecule is N#C[C@@]1(c2ccc3c(N)ncnn23)O[C@H](CO)[C@@H](O)[C@H]1O.N#C[C@@]1(c2ccc3c(N)ncnn23)O[C@H](COP(=O)(O)OP(=O)(O)OP(=O)(O)O)[C@@H](O)[C@H]1O. The Bertz CT molecular complexity index is 2280. The summed E-state index contributed by atoms with van der Waals surface area (Å²) in [5.74, 6) is 0.234. The Hall–Kier alpha value is -4.05. The number of nitrogen functional groups attached to an aromatic ring is 2. The molecule has 0 spiro atoms. The number of anilines is 2. The molecule has 4 aromatic rings. The van der Waals surface area contributed by atoms with E-state index in [2.05, 4.69) is 33.3 Å². The zero-order valence-corrected chi connectivity index (χ0v) is 29.4. The van der Waals surface area contributed by atoms with Crippen LogP contribution in [0.1, 0.15) is 11.4 Å². The van der Waals surface area contributed by atoms with Gasteiger partial charge in [-0.05, 0) is 24.3 Å². The molecule has 13 N–H and O–H groups in total. The van der Waals surface area contributed by atoms with Crippen molar-refractivity contribution in [1.29, 1.82) is 10.5 Å². The minimum Gasteiger partial charge on any atom is -0.394 e. The fourth-order valence-corrected chi connectivity index (χ4v) is 8.61. The smallest absolute Gasteiger partial charge is 0.394 e. The maximum absolute atomic E-state index is 11.9. The average molecular weight is 822 g/mol. The van der Waals surface area contributed by atoms with Gasteiger partial charge < -0.3 is 66.0 Å². The van der Waals surface area contributed by atoms with Crippen molar-refractivity contribution in [2.24, 2.45) is 0 Å². The second-order valence-corrected chi connectivity index (χ2v) is 15.7. The number of hydrogen-bond donors (Lipinski definition) is 11. The molecule has 6 heterocycles. The van der Waals surface area contributed by atoms with Crippen LogP contribution in [0.2, 0.25) is 0 Å². The van der Waals surface area contributed by atoms with Gasteiger partial charge in [0.05, 0.1) is 24.6 Å². The van der Waals surface area contributed by atoms with E-state index in [1.54, 1.807) is 12.1 Å². The van der Waals surface area contributed by atoms with E-state index in [-0.39, 0.29) is 28.5 Å². The number of aliphatic hydroxyl groups is 5. The first-order chi connectivity index (χ1) is 25.2. The number of ether oxygens (including phenoxy) is 2. The van der Waals surface area contributed by atoms with Crippen molar-refractivity contribution in [2.45, 2.75) is 47.8 Å². The van der Waals surface area contributed by atoms with E-state index in [0.29, 0.717) is 5.52 Å². The van der Waals surface area contributed by atoms with E-state index < -0.39 is 84.5 Å². The summed E-state index contributed by atoms with van der Waals surface area (Å²) in [4.78, 5) is 43.3. The lowest BCUT2D eigenvalue weighted by molar-refractivity contribution is -0.0643. The van der Waals surface area contributed by atoms with Crippen LogP contribution in [0.4, 0.5) is 11.6 Å². The highest BCUT2D eigenvalue weighted by atomic mass is 31.3. The lowest BCUT2D eigenvalue weighted by atomic mass is 9.92. The van der Waals surface area contributed by atoms with Gasteiger partial charge in [-0.25, -0.2) is 32.7 Å². The molecular weight excluding hydrogens is 793 g/mol. The average Bonchev–Trinajstić information content (AvgIpc) is 3.84. The zero-order valence-electron chi connectivity index (χ0n) is 26.7. The fraction of sp³-hybridized carbons (Fsp3) is 0.417. The molecule has 0 saturated carbocycles. The number of rotatable bonds is 10. The Morgan fingerprint density at radius 1 is 0.759 bits per heavy atom. The predicted octanol–water partition coefficient (Wildman–Crippen LogP) is -3.36. The van der Waals surface area contributed by atoms with Crippen molar-refractivity contribution >= 4 is 46.1 Å². The number of aromatic nitrogens is 6. The van der Waals surface area contributed by atoms with E-state index >= 15 is 0 Å². The summed E-state index contributed by atoms with van der Waals surface area (Å²) >= 11 is 0. The van der Waals surface area contributed by atoms with Crippen molar-refractivity contribution < 1.29 is 81.4 Å². The first kappa shape index (κ1) is 41.1. The molecule has 2 aliphatic rings.